The van der Waals surface area contributed by atoms with Gasteiger partial charge in [-0.3, -0.25) is 9.59 Å². The van der Waals surface area contributed by atoms with E-state index in [1.807, 2.05) is 78.9 Å². The Bertz CT molecular complexity index is 1040. The highest BCUT2D eigenvalue weighted by atomic mass is 16.5. The third kappa shape index (κ3) is 6.88. The fourth-order valence-electron chi connectivity index (χ4n) is 4.07. The third-order valence-electron chi connectivity index (χ3n) is 6.14. The molecule has 0 atom stereocenters. The Labute approximate surface area is 212 Å². The molecule has 6 heteroatoms. The monoisotopic (exact) mass is 490 g/mol. The summed E-state index contributed by atoms with van der Waals surface area (Å²) in [6, 6.07) is 25.1. The predicted molar refractivity (Wildman–Crippen MR) is 137 cm³/mol. The molecule has 2 N–H and O–H groups in total. The van der Waals surface area contributed by atoms with E-state index in [4.69, 9.17) is 9.47 Å². The minimum absolute atomic E-state index is 0.0439. The number of benzene rings is 3. The summed E-state index contributed by atoms with van der Waals surface area (Å²) in [5.74, 6) is -0.340. The van der Waals surface area contributed by atoms with Crippen LogP contribution in [0.3, 0.4) is 0 Å². The predicted octanol–water partition coefficient (Wildman–Crippen LogP) is 4.67. The van der Waals surface area contributed by atoms with Crippen molar-refractivity contribution in [1.29, 1.82) is 0 Å². The Morgan fingerprint density at radius 1 is 0.722 bits per heavy atom. The Balaban J connectivity index is 1.86. The summed E-state index contributed by atoms with van der Waals surface area (Å²) in [7, 11) is 0. The molecule has 0 aromatic heterocycles. The van der Waals surface area contributed by atoms with Gasteiger partial charge >= 0.3 is 5.97 Å². The van der Waals surface area contributed by atoms with Gasteiger partial charge in [-0.25, -0.2) is 0 Å². The van der Waals surface area contributed by atoms with Crippen LogP contribution < -0.4 is 0 Å². The van der Waals surface area contributed by atoms with Gasteiger partial charge in [0.1, 0.15) is 11.4 Å². The number of esters is 1. The number of rotatable bonds is 14. The average molecular weight is 491 g/mol. The van der Waals surface area contributed by atoms with E-state index in [2.05, 4.69) is 0 Å². The van der Waals surface area contributed by atoms with Gasteiger partial charge in [0.2, 0.25) is 0 Å². The van der Waals surface area contributed by atoms with E-state index < -0.39 is 5.60 Å². The first kappa shape index (κ1) is 27.3. The molecule has 0 saturated carbocycles. The molecule has 3 aromatic rings. The van der Waals surface area contributed by atoms with E-state index in [0.29, 0.717) is 19.4 Å². The number of aliphatic hydroxyl groups is 2. The number of carbonyl (C=O) groups is 2. The van der Waals surface area contributed by atoms with Crippen molar-refractivity contribution in [2.45, 2.75) is 51.4 Å². The van der Waals surface area contributed by atoms with E-state index in [-0.39, 0.29) is 44.4 Å². The topological polar surface area (TPSA) is 93.1 Å². The van der Waals surface area contributed by atoms with E-state index in [0.717, 1.165) is 27.8 Å². The van der Waals surface area contributed by atoms with Gasteiger partial charge in [0.05, 0.1) is 32.8 Å². The van der Waals surface area contributed by atoms with Crippen LogP contribution in [-0.4, -0.2) is 35.2 Å². The SMILES string of the molecule is CCC(=O)CCC(=O)OCCCOC(c1ccccc1)(c1ccc(CO)cc1)c1ccc(CO)cc1. The van der Waals surface area contributed by atoms with Gasteiger partial charge in [0, 0.05) is 19.3 Å². The summed E-state index contributed by atoms with van der Waals surface area (Å²) in [6.07, 6.45) is 1.19. The first-order chi connectivity index (χ1) is 17.5. The molecule has 0 amide bonds. The minimum Gasteiger partial charge on any atom is -0.466 e. The van der Waals surface area contributed by atoms with Gasteiger partial charge in [-0.1, -0.05) is 85.8 Å². The molecule has 0 radical (unpaired) electrons. The fraction of sp³-hybridized carbons (Fsp3) is 0.333. The first-order valence-electron chi connectivity index (χ1n) is 12.3. The Morgan fingerprint density at radius 3 is 1.75 bits per heavy atom. The van der Waals surface area contributed by atoms with Crippen molar-refractivity contribution in [1.82, 2.24) is 0 Å². The van der Waals surface area contributed by atoms with Crippen LogP contribution >= 0.6 is 0 Å². The molecule has 0 saturated heterocycles. The van der Waals surface area contributed by atoms with Crippen molar-refractivity contribution in [2.24, 2.45) is 0 Å². The lowest BCUT2D eigenvalue weighted by Crippen LogP contribution is -2.33. The molecule has 0 spiro atoms. The van der Waals surface area contributed by atoms with E-state index in [1.165, 1.54) is 0 Å². The van der Waals surface area contributed by atoms with Crippen LogP contribution in [0.1, 0.15) is 60.4 Å². The van der Waals surface area contributed by atoms with Crippen LogP contribution in [0.4, 0.5) is 0 Å². The van der Waals surface area contributed by atoms with Crippen molar-refractivity contribution >= 4 is 11.8 Å². The van der Waals surface area contributed by atoms with Crippen molar-refractivity contribution in [2.75, 3.05) is 13.2 Å². The molecule has 3 rings (SSSR count). The molecule has 0 aliphatic rings. The highest BCUT2D eigenvalue weighted by molar-refractivity contribution is 5.82. The molecule has 6 nitrogen and oxygen atoms in total. The number of ketones is 1. The number of ether oxygens (including phenoxy) is 2. The van der Waals surface area contributed by atoms with Crippen molar-refractivity contribution in [3.8, 4) is 0 Å². The molecule has 0 aliphatic heterocycles. The number of aliphatic hydroxyl groups excluding tert-OH is 2. The highest BCUT2D eigenvalue weighted by Crippen LogP contribution is 2.41. The summed E-state index contributed by atoms with van der Waals surface area (Å²) in [4.78, 5) is 23.4. The number of hydrogen-bond acceptors (Lipinski definition) is 6. The fourth-order valence-corrected chi connectivity index (χ4v) is 4.07. The molecular weight excluding hydrogens is 456 g/mol. The zero-order chi connectivity index (χ0) is 25.8. The average Bonchev–Trinajstić information content (AvgIpc) is 2.94. The lowest BCUT2D eigenvalue weighted by molar-refractivity contribution is -0.145. The first-order valence-corrected chi connectivity index (χ1v) is 12.3. The van der Waals surface area contributed by atoms with Crippen molar-refractivity contribution in [3.05, 3.63) is 107 Å². The molecule has 3 aromatic carbocycles. The second kappa shape index (κ2) is 13.7. The van der Waals surface area contributed by atoms with Crippen molar-refractivity contribution in [3.63, 3.8) is 0 Å². The standard InChI is InChI=1S/C30H34O6/c1-2-28(33)17-18-29(34)35-19-6-20-36-30(25-7-4-3-5-8-25,26-13-9-23(21-31)10-14-26)27-15-11-24(22-32)12-16-27/h3-5,7-16,31-32H,2,6,17-22H2,1H3. The van der Waals surface area contributed by atoms with Gasteiger partial charge in [0.15, 0.2) is 0 Å². The highest BCUT2D eigenvalue weighted by Gasteiger charge is 2.37. The van der Waals surface area contributed by atoms with Crippen molar-refractivity contribution < 1.29 is 29.3 Å². The molecule has 36 heavy (non-hydrogen) atoms. The quantitative estimate of drug-likeness (QED) is 0.194. The minimum atomic E-state index is -0.958. The van der Waals surface area contributed by atoms with E-state index >= 15 is 0 Å². The van der Waals surface area contributed by atoms with Crippen LogP contribution in [0.2, 0.25) is 0 Å². The molecule has 0 fully saturated rings. The number of carbonyl (C=O) groups excluding carboxylic acids is 2. The van der Waals surface area contributed by atoms with Crippen LogP contribution in [-0.2, 0) is 37.9 Å². The molecular formula is C30H34O6. The van der Waals surface area contributed by atoms with E-state index in [9.17, 15) is 19.8 Å². The van der Waals surface area contributed by atoms with Crippen LogP contribution in [0.15, 0.2) is 78.9 Å². The summed E-state index contributed by atoms with van der Waals surface area (Å²) >= 11 is 0. The Kier molecular flexibility index (Phi) is 10.4. The molecule has 0 heterocycles. The second-order valence-electron chi connectivity index (χ2n) is 8.57. The van der Waals surface area contributed by atoms with Crippen LogP contribution in [0.25, 0.3) is 0 Å². The maximum absolute atomic E-state index is 12.0. The number of Topliss-reactive ketones (excluding diaryl/α,β-unsaturated/α-hetero) is 1. The smallest absolute Gasteiger partial charge is 0.306 e. The normalized spacial score (nSPS) is 11.3. The summed E-state index contributed by atoms with van der Waals surface area (Å²) in [5, 5.41) is 19.1. The molecule has 0 unspecified atom stereocenters. The maximum atomic E-state index is 12.0. The largest absolute Gasteiger partial charge is 0.466 e. The van der Waals surface area contributed by atoms with Gasteiger partial charge < -0.3 is 19.7 Å². The Hall–Kier alpha value is -3.32. The van der Waals surface area contributed by atoms with Gasteiger partial charge in [-0.05, 0) is 27.8 Å². The zero-order valence-electron chi connectivity index (χ0n) is 20.7. The van der Waals surface area contributed by atoms with E-state index in [1.54, 1.807) is 6.92 Å². The number of hydrogen-bond donors (Lipinski definition) is 2. The third-order valence-corrected chi connectivity index (χ3v) is 6.14. The summed E-state index contributed by atoms with van der Waals surface area (Å²) in [6.45, 7) is 2.16. The molecule has 0 aliphatic carbocycles. The van der Waals surface area contributed by atoms with Gasteiger partial charge in [-0.2, -0.15) is 0 Å². The molecule has 0 bridgehead atoms. The van der Waals surface area contributed by atoms with Gasteiger partial charge in [-0.15, -0.1) is 0 Å². The summed E-state index contributed by atoms with van der Waals surface area (Å²) in [5.41, 5.74) is 3.33. The van der Waals surface area contributed by atoms with Crippen LogP contribution in [0.5, 0.6) is 0 Å². The van der Waals surface area contributed by atoms with Crippen LogP contribution in [0, 0.1) is 0 Å². The Morgan fingerprint density at radius 2 is 1.25 bits per heavy atom. The van der Waals surface area contributed by atoms with Gasteiger partial charge in [0.25, 0.3) is 0 Å². The maximum Gasteiger partial charge on any atom is 0.306 e. The lowest BCUT2D eigenvalue weighted by Gasteiger charge is -2.36. The summed E-state index contributed by atoms with van der Waals surface area (Å²) < 4.78 is 12.0. The molecule has 190 valence electrons. The lowest BCUT2D eigenvalue weighted by atomic mass is 9.79. The second-order valence-corrected chi connectivity index (χ2v) is 8.57. The zero-order valence-corrected chi connectivity index (χ0v) is 20.7.